The predicted octanol–water partition coefficient (Wildman–Crippen LogP) is 3.85. The lowest BCUT2D eigenvalue weighted by atomic mass is 10.1. The summed E-state index contributed by atoms with van der Waals surface area (Å²) in [5.41, 5.74) is 5.83. The highest BCUT2D eigenvalue weighted by Crippen LogP contribution is 2.32. The summed E-state index contributed by atoms with van der Waals surface area (Å²) < 4.78 is 37.9. The Morgan fingerprint density at radius 2 is 1.92 bits per heavy atom. The molecule has 2 N–H and O–H groups in total. The van der Waals surface area contributed by atoms with E-state index in [4.69, 9.17) is 5.73 Å². The average molecular weight is 392 g/mol. The van der Waals surface area contributed by atoms with Gasteiger partial charge in [-0.2, -0.15) is 13.2 Å². The van der Waals surface area contributed by atoms with Crippen LogP contribution in [0.15, 0.2) is 29.6 Å². The Morgan fingerprint density at radius 1 is 1.28 bits per heavy atom. The molecule has 2 aromatic rings. The topological polar surface area (TPSA) is 59.2 Å². The van der Waals surface area contributed by atoms with E-state index in [0.717, 1.165) is 25.0 Å². The van der Waals surface area contributed by atoms with Crippen LogP contribution in [0.4, 0.5) is 13.2 Å². The molecule has 136 valence electrons. The molecule has 1 heterocycles. The van der Waals surface area contributed by atoms with E-state index in [1.165, 1.54) is 23.5 Å². The molecule has 0 spiro atoms. The molecule has 25 heavy (non-hydrogen) atoms. The van der Waals surface area contributed by atoms with Crippen molar-refractivity contribution in [2.45, 2.75) is 38.1 Å². The third-order valence-corrected chi connectivity index (χ3v) is 4.70. The van der Waals surface area contributed by atoms with Crippen LogP contribution < -0.4 is 5.73 Å². The molecule has 1 aliphatic carbocycles. The lowest BCUT2D eigenvalue weighted by Crippen LogP contribution is -2.32. The Hall–Kier alpha value is -1.64. The average Bonchev–Trinajstić information content (AvgIpc) is 3.28. The van der Waals surface area contributed by atoms with E-state index in [1.807, 2.05) is 0 Å². The van der Waals surface area contributed by atoms with Crippen LogP contribution >= 0.6 is 23.7 Å². The third-order valence-electron chi connectivity index (χ3n) is 3.83. The first-order valence-corrected chi connectivity index (χ1v) is 8.38. The molecular formula is C16H17ClF3N3OS. The number of nitrogens with two attached hydrogens (primary N) is 1. The largest absolute Gasteiger partial charge is 0.416 e. The van der Waals surface area contributed by atoms with Crippen LogP contribution in [0.1, 0.15) is 39.5 Å². The molecular weight excluding hydrogens is 375 g/mol. The summed E-state index contributed by atoms with van der Waals surface area (Å²) in [6.45, 7) is 0.553. The molecule has 0 saturated heterocycles. The number of hydrogen-bond acceptors (Lipinski definition) is 4. The molecule has 0 atom stereocenters. The normalized spacial score (nSPS) is 14.1. The summed E-state index contributed by atoms with van der Waals surface area (Å²) in [7, 11) is 0. The van der Waals surface area contributed by atoms with Gasteiger partial charge in [-0.1, -0.05) is 12.1 Å². The van der Waals surface area contributed by atoms with E-state index >= 15 is 0 Å². The van der Waals surface area contributed by atoms with E-state index in [-0.39, 0.29) is 37.4 Å². The van der Waals surface area contributed by atoms with Gasteiger partial charge in [0.05, 0.1) is 5.56 Å². The van der Waals surface area contributed by atoms with Crippen molar-refractivity contribution in [3.63, 3.8) is 0 Å². The number of carbonyl (C=O) groups is 1. The highest BCUT2D eigenvalue weighted by Gasteiger charge is 2.34. The van der Waals surface area contributed by atoms with Crippen molar-refractivity contribution in [3.8, 4) is 0 Å². The van der Waals surface area contributed by atoms with Crippen molar-refractivity contribution in [1.82, 2.24) is 9.88 Å². The SMILES string of the molecule is Cl.NCc1nc(C(=O)N(Cc2ccc(C(F)(F)F)cc2)C2CC2)cs1. The molecule has 9 heteroatoms. The van der Waals surface area contributed by atoms with Gasteiger partial charge in [0.2, 0.25) is 0 Å². The molecule has 0 bridgehead atoms. The Balaban J connectivity index is 0.00000225. The second-order valence-electron chi connectivity index (χ2n) is 5.69. The van der Waals surface area contributed by atoms with Crippen molar-refractivity contribution in [3.05, 3.63) is 51.5 Å². The van der Waals surface area contributed by atoms with Crippen LogP contribution in [0.5, 0.6) is 0 Å². The third kappa shape index (κ3) is 4.71. The van der Waals surface area contributed by atoms with Gasteiger partial charge in [-0.05, 0) is 30.5 Å². The summed E-state index contributed by atoms with van der Waals surface area (Å²) in [6.07, 6.45) is -2.55. The molecule has 1 saturated carbocycles. The highest BCUT2D eigenvalue weighted by atomic mass is 35.5. The second kappa shape index (κ2) is 7.72. The van der Waals surface area contributed by atoms with Crippen LogP contribution in [0.25, 0.3) is 0 Å². The highest BCUT2D eigenvalue weighted by molar-refractivity contribution is 7.09. The molecule has 3 rings (SSSR count). The monoisotopic (exact) mass is 391 g/mol. The number of rotatable bonds is 5. The first-order valence-electron chi connectivity index (χ1n) is 7.50. The Bertz CT molecular complexity index is 729. The minimum Gasteiger partial charge on any atom is -0.330 e. The van der Waals surface area contributed by atoms with Crippen molar-refractivity contribution in [2.24, 2.45) is 5.73 Å². The minimum absolute atomic E-state index is 0. The van der Waals surface area contributed by atoms with Crippen LogP contribution in [-0.2, 0) is 19.3 Å². The van der Waals surface area contributed by atoms with E-state index in [1.54, 1.807) is 10.3 Å². The summed E-state index contributed by atoms with van der Waals surface area (Å²) >= 11 is 1.33. The number of thiazole rings is 1. The van der Waals surface area contributed by atoms with Crippen molar-refractivity contribution in [1.29, 1.82) is 0 Å². The fourth-order valence-corrected chi connectivity index (χ4v) is 3.05. The molecule has 0 radical (unpaired) electrons. The number of aromatic nitrogens is 1. The second-order valence-corrected chi connectivity index (χ2v) is 6.63. The van der Waals surface area contributed by atoms with E-state index < -0.39 is 11.7 Å². The zero-order valence-electron chi connectivity index (χ0n) is 13.1. The number of nitrogens with zero attached hydrogens (tertiary/aromatic N) is 2. The quantitative estimate of drug-likeness (QED) is 0.842. The lowest BCUT2D eigenvalue weighted by Gasteiger charge is -2.22. The smallest absolute Gasteiger partial charge is 0.330 e. The Morgan fingerprint density at radius 3 is 2.40 bits per heavy atom. The van der Waals surface area contributed by atoms with Gasteiger partial charge in [-0.3, -0.25) is 4.79 Å². The maximum absolute atomic E-state index is 12.6. The van der Waals surface area contributed by atoms with Crippen LogP contribution in [0.3, 0.4) is 0 Å². The summed E-state index contributed by atoms with van der Waals surface area (Å²) in [6, 6.07) is 5.04. The van der Waals surface area contributed by atoms with Gasteiger partial charge in [0.1, 0.15) is 10.7 Å². The number of amides is 1. The number of hydrogen-bond donors (Lipinski definition) is 1. The number of benzene rings is 1. The standard InChI is InChI=1S/C16H16F3N3OS.ClH/c17-16(18,19)11-3-1-10(2-4-11)8-22(12-5-6-12)15(23)13-9-24-14(7-20)21-13;/h1-4,9,12H,5-8,20H2;1H. The van der Waals surface area contributed by atoms with Crippen LogP contribution in [-0.4, -0.2) is 21.8 Å². The predicted molar refractivity (Wildman–Crippen MR) is 91.6 cm³/mol. The number of alkyl halides is 3. The van der Waals surface area contributed by atoms with Gasteiger partial charge in [0.15, 0.2) is 0 Å². The maximum Gasteiger partial charge on any atom is 0.416 e. The van der Waals surface area contributed by atoms with Gasteiger partial charge in [-0.15, -0.1) is 23.7 Å². The Kier molecular flexibility index (Phi) is 6.08. The maximum atomic E-state index is 12.6. The zero-order chi connectivity index (χ0) is 17.3. The summed E-state index contributed by atoms with van der Waals surface area (Å²) in [5, 5.41) is 2.36. The molecule has 0 unspecified atom stereocenters. The van der Waals surface area contributed by atoms with Crippen molar-refractivity contribution >= 4 is 29.7 Å². The number of halogens is 4. The van der Waals surface area contributed by atoms with Gasteiger partial charge in [0, 0.05) is 24.5 Å². The van der Waals surface area contributed by atoms with Gasteiger partial charge >= 0.3 is 6.18 Å². The lowest BCUT2D eigenvalue weighted by molar-refractivity contribution is -0.137. The molecule has 1 aromatic carbocycles. The summed E-state index contributed by atoms with van der Waals surface area (Å²) in [4.78, 5) is 18.5. The first kappa shape index (κ1) is 19.7. The number of carbonyl (C=O) groups excluding carboxylic acids is 1. The van der Waals surface area contributed by atoms with Crippen LogP contribution in [0, 0.1) is 0 Å². The van der Waals surface area contributed by atoms with E-state index in [9.17, 15) is 18.0 Å². The van der Waals surface area contributed by atoms with E-state index in [2.05, 4.69) is 4.98 Å². The summed E-state index contributed by atoms with van der Waals surface area (Å²) in [5.74, 6) is -0.201. The molecule has 1 fully saturated rings. The molecule has 1 aliphatic rings. The fraction of sp³-hybridized carbons (Fsp3) is 0.375. The zero-order valence-corrected chi connectivity index (χ0v) is 14.8. The van der Waals surface area contributed by atoms with Crippen LogP contribution in [0.2, 0.25) is 0 Å². The first-order chi connectivity index (χ1) is 11.4. The van der Waals surface area contributed by atoms with Gasteiger partial charge in [-0.25, -0.2) is 4.98 Å². The molecule has 1 amide bonds. The molecule has 4 nitrogen and oxygen atoms in total. The van der Waals surface area contributed by atoms with Gasteiger partial charge < -0.3 is 10.6 Å². The van der Waals surface area contributed by atoms with Crippen molar-refractivity contribution < 1.29 is 18.0 Å². The van der Waals surface area contributed by atoms with Gasteiger partial charge in [0.25, 0.3) is 5.91 Å². The molecule has 1 aromatic heterocycles. The van der Waals surface area contributed by atoms with Crippen molar-refractivity contribution in [2.75, 3.05) is 0 Å². The minimum atomic E-state index is -4.36. The van der Waals surface area contributed by atoms with E-state index in [0.29, 0.717) is 16.3 Å². The Labute approximate surface area is 153 Å². The molecule has 0 aliphatic heterocycles. The fourth-order valence-electron chi connectivity index (χ4n) is 2.40.